The zero-order valence-electron chi connectivity index (χ0n) is 13.1. The molecule has 0 atom stereocenters. The molecule has 0 amide bonds. The van der Waals surface area contributed by atoms with Gasteiger partial charge in [-0.1, -0.05) is 47.0 Å². The Morgan fingerprint density at radius 2 is 1.33 bits per heavy atom. The summed E-state index contributed by atoms with van der Waals surface area (Å²) in [5.41, 5.74) is 2.21. The average molecular weight is 254 g/mol. The Labute approximate surface area is 113 Å². The van der Waals surface area contributed by atoms with Crippen molar-refractivity contribution in [3.05, 3.63) is 22.8 Å². The van der Waals surface area contributed by atoms with Crippen molar-refractivity contribution in [1.82, 2.24) is 0 Å². The van der Waals surface area contributed by atoms with Gasteiger partial charge in [-0.05, 0) is 43.5 Å². The van der Waals surface area contributed by atoms with Gasteiger partial charge in [0.1, 0.15) is 11.5 Å². The Morgan fingerprint density at radius 3 is 1.67 bits per heavy atom. The molecule has 0 fully saturated rings. The molecule has 0 aliphatic heterocycles. The summed E-state index contributed by atoms with van der Waals surface area (Å²) in [7, 11) is 0. The minimum absolute atomic E-state index is 0.248. The molecular weight excluding hydrogens is 224 g/mol. The normalized spacial score (nSPS) is 8.83. The van der Waals surface area contributed by atoms with Crippen molar-refractivity contribution in [3.8, 4) is 11.5 Å². The van der Waals surface area contributed by atoms with E-state index in [1.165, 1.54) is 19.3 Å². The van der Waals surface area contributed by atoms with Crippen molar-refractivity contribution in [2.24, 2.45) is 0 Å². The van der Waals surface area contributed by atoms with Crippen LogP contribution >= 0.6 is 0 Å². The first-order chi connectivity index (χ1) is 8.45. The molecule has 0 radical (unpaired) electrons. The Bertz CT molecular complexity index is 302. The van der Waals surface area contributed by atoms with Crippen LogP contribution in [0.25, 0.3) is 0 Å². The van der Waals surface area contributed by atoms with Crippen LogP contribution in [0.4, 0.5) is 0 Å². The number of hydrogen-bond acceptors (Lipinski definition) is 2. The third kappa shape index (κ3) is 6.53. The Balaban J connectivity index is 0. The zero-order valence-corrected chi connectivity index (χ0v) is 13.1. The number of benzene rings is 1. The summed E-state index contributed by atoms with van der Waals surface area (Å²) in [6.45, 7) is 13.8. The number of hydrogen-bond donors (Lipinski definition) is 2. The Hall–Kier alpha value is -1.18. The zero-order chi connectivity index (χ0) is 14.7. The molecule has 1 rings (SSSR count). The highest BCUT2D eigenvalue weighted by Gasteiger charge is 2.06. The summed E-state index contributed by atoms with van der Waals surface area (Å²) in [4.78, 5) is 0. The van der Waals surface area contributed by atoms with E-state index >= 15 is 0 Å². The molecule has 1 aromatic rings. The number of phenolic OH excluding ortho intramolecular Hbond substituents is 2. The highest BCUT2D eigenvalue weighted by atomic mass is 16.3. The van der Waals surface area contributed by atoms with E-state index in [0.29, 0.717) is 5.56 Å². The second kappa shape index (κ2) is 10.9. The van der Waals surface area contributed by atoms with Crippen LogP contribution in [0.3, 0.4) is 0 Å². The molecule has 0 spiro atoms. The molecule has 0 bridgehead atoms. The molecule has 0 aromatic heterocycles. The van der Waals surface area contributed by atoms with Crippen LogP contribution in [-0.4, -0.2) is 10.2 Å². The SMILES string of the molecule is CC.CCCCC.Cc1cc(O)c(C)c(C)c1O. The molecule has 1 aromatic carbocycles. The lowest BCUT2D eigenvalue weighted by Crippen LogP contribution is -1.85. The molecule has 2 heteroatoms. The first kappa shape index (κ1) is 19.2. The lowest BCUT2D eigenvalue weighted by Gasteiger charge is -2.07. The van der Waals surface area contributed by atoms with Crippen molar-refractivity contribution >= 4 is 0 Å². The van der Waals surface area contributed by atoms with Crippen molar-refractivity contribution < 1.29 is 10.2 Å². The lowest BCUT2D eigenvalue weighted by atomic mass is 10.0. The van der Waals surface area contributed by atoms with E-state index in [0.717, 1.165) is 11.1 Å². The van der Waals surface area contributed by atoms with Gasteiger partial charge < -0.3 is 10.2 Å². The number of phenols is 2. The van der Waals surface area contributed by atoms with Gasteiger partial charge in [-0.25, -0.2) is 0 Å². The Kier molecular flexibility index (Phi) is 11.7. The third-order valence-corrected chi connectivity index (χ3v) is 2.74. The summed E-state index contributed by atoms with van der Waals surface area (Å²) in [6, 6.07) is 1.57. The van der Waals surface area contributed by atoms with Crippen LogP contribution in [0.1, 0.15) is 63.6 Å². The summed E-state index contributed by atoms with van der Waals surface area (Å²) < 4.78 is 0. The molecule has 0 aliphatic carbocycles. The van der Waals surface area contributed by atoms with Crippen LogP contribution in [0, 0.1) is 20.8 Å². The fraction of sp³-hybridized carbons (Fsp3) is 0.625. The molecule has 18 heavy (non-hydrogen) atoms. The van der Waals surface area contributed by atoms with Crippen molar-refractivity contribution in [2.75, 3.05) is 0 Å². The van der Waals surface area contributed by atoms with Crippen molar-refractivity contribution in [2.45, 2.75) is 67.7 Å². The monoisotopic (exact) mass is 254 g/mol. The maximum atomic E-state index is 9.40. The first-order valence-corrected chi connectivity index (χ1v) is 6.94. The van der Waals surface area contributed by atoms with Gasteiger partial charge in [0.05, 0.1) is 0 Å². The van der Waals surface area contributed by atoms with Crippen LogP contribution in [0.5, 0.6) is 11.5 Å². The summed E-state index contributed by atoms with van der Waals surface area (Å²) in [5.74, 6) is 0.526. The molecule has 2 nitrogen and oxygen atoms in total. The molecule has 106 valence electrons. The minimum Gasteiger partial charge on any atom is -0.508 e. The summed E-state index contributed by atoms with van der Waals surface area (Å²) >= 11 is 0. The molecule has 0 unspecified atom stereocenters. The molecule has 0 saturated heterocycles. The quantitative estimate of drug-likeness (QED) is 0.708. The van der Waals surface area contributed by atoms with Gasteiger partial charge in [0.15, 0.2) is 0 Å². The molecule has 2 N–H and O–H groups in total. The molecule has 0 aliphatic rings. The topological polar surface area (TPSA) is 40.5 Å². The lowest BCUT2D eigenvalue weighted by molar-refractivity contribution is 0.449. The average Bonchev–Trinajstić information content (AvgIpc) is 2.38. The van der Waals surface area contributed by atoms with E-state index in [-0.39, 0.29) is 11.5 Å². The largest absolute Gasteiger partial charge is 0.508 e. The van der Waals surface area contributed by atoms with Gasteiger partial charge in [0.25, 0.3) is 0 Å². The third-order valence-electron chi connectivity index (χ3n) is 2.74. The minimum atomic E-state index is 0.248. The van der Waals surface area contributed by atoms with E-state index in [2.05, 4.69) is 13.8 Å². The second-order valence-corrected chi connectivity index (χ2v) is 4.16. The number of aromatic hydroxyl groups is 2. The Morgan fingerprint density at radius 1 is 0.889 bits per heavy atom. The number of rotatable bonds is 2. The molecule has 0 heterocycles. The first-order valence-electron chi connectivity index (χ1n) is 6.94. The van der Waals surface area contributed by atoms with Gasteiger partial charge in [-0.15, -0.1) is 0 Å². The van der Waals surface area contributed by atoms with Crippen LogP contribution < -0.4 is 0 Å². The van der Waals surface area contributed by atoms with E-state index in [4.69, 9.17) is 0 Å². The fourth-order valence-corrected chi connectivity index (χ4v) is 1.40. The van der Waals surface area contributed by atoms with Crippen molar-refractivity contribution in [1.29, 1.82) is 0 Å². The van der Waals surface area contributed by atoms with E-state index in [9.17, 15) is 10.2 Å². The maximum absolute atomic E-state index is 9.40. The smallest absolute Gasteiger partial charge is 0.121 e. The van der Waals surface area contributed by atoms with Crippen molar-refractivity contribution in [3.63, 3.8) is 0 Å². The summed E-state index contributed by atoms with van der Waals surface area (Å²) in [5, 5.41) is 18.7. The van der Waals surface area contributed by atoms with Gasteiger partial charge in [-0.2, -0.15) is 0 Å². The van der Waals surface area contributed by atoms with E-state index < -0.39 is 0 Å². The summed E-state index contributed by atoms with van der Waals surface area (Å²) in [6.07, 6.45) is 4.08. The highest BCUT2D eigenvalue weighted by Crippen LogP contribution is 2.30. The second-order valence-electron chi connectivity index (χ2n) is 4.16. The predicted octanol–water partition coefficient (Wildman–Crippen LogP) is 5.25. The number of aryl methyl sites for hydroxylation is 1. The van der Waals surface area contributed by atoms with Crippen LogP contribution in [0.2, 0.25) is 0 Å². The highest BCUT2D eigenvalue weighted by molar-refractivity contribution is 5.50. The van der Waals surface area contributed by atoms with Gasteiger partial charge in [0.2, 0.25) is 0 Å². The fourth-order valence-electron chi connectivity index (χ4n) is 1.40. The maximum Gasteiger partial charge on any atom is 0.121 e. The van der Waals surface area contributed by atoms with Crippen LogP contribution in [-0.2, 0) is 0 Å². The standard InChI is InChI=1S/C9H12O2.C5H12.C2H6/c1-5-4-8(10)6(2)7(3)9(5)11;1-3-5-4-2;1-2/h4,10-11H,1-3H3;3-5H2,1-2H3;1-2H3. The molecule has 0 saturated carbocycles. The van der Waals surface area contributed by atoms with E-state index in [1.807, 2.05) is 13.8 Å². The van der Waals surface area contributed by atoms with Gasteiger partial charge in [0, 0.05) is 0 Å². The van der Waals surface area contributed by atoms with Crippen LogP contribution in [0.15, 0.2) is 6.07 Å². The predicted molar refractivity (Wildman–Crippen MR) is 80.5 cm³/mol. The van der Waals surface area contributed by atoms with Gasteiger partial charge in [-0.3, -0.25) is 0 Å². The number of unbranched alkanes of at least 4 members (excludes halogenated alkanes) is 2. The van der Waals surface area contributed by atoms with Gasteiger partial charge >= 0.3 is 0 Å². The molecular formula is C16H30O2. The van der Waals surface area contributed by atoms with E-state index in [1.54, 1.807) is 26.8 Å².